The smallest absolute Gasteiger partial charge is 0.410 e. The molecule has 0 saturated carbocycles. The van der Waals surface area contributed by atoms with Crippen LogP contribution in [-0.4, -0.2) is 64.1 Å². The normalized spacial score (nSPS) is 20.7. The molecule has 5 rings (SSSR count). The molecular formula is C29H31N5O5. The van der Waals surface area contributed by atoms with Crippen molar-refractivity contribution in [1.29, 1.82) is 0 Å². The van der Waals surface area contributed by atoms with Crippen molar-refractivity contribution in [2.24, 2.45) is 0 Å². The molecule has 1 aromatic heterocycles. The lowest BCUT2D eigenvalue weighted by atomic mass is 9.93. The van der Waals surface area contributed by atoms with Crippen LogP contribution in [0.4, 0.5) is 9.59 Å². The van der Waals surface area contributed by atoms with E-state index in [0.29, 0.717) is 12.0 Å². The van der Waals surface area contributed by atoms with Crippen LogP contribution in [0.3, 0.4) is 0 Å². The third-order valence-corrected chi connectivity index (χ3v) is 6.90. The number of fused-ring (bicyclic) bond motifs is 1. The molecule has 2 atom stereocenters. The van der Waals surface area contributed by atoms with Crippen molar-refractivity contribution < 1.29 is 23.9 Å². The van der Waals surface area contributed by atoms with E-state index < -0.39 is 41.1 Å². The minimum atomic E-state index is -1.48. The maximum Gasteiger partial charge on any atom is 0.410 e. The summed E-state index contributed by atoms with van der Waals surface area (Å²) in [4.78, 5) is 56.7. The van der Waals surface area contributed by atoms with Gasteiger partial charge in [-0.3, -0.25) is 19.9 Å². The van der Waals surface area contributed by atoms with Gasteiger partial charge in [0.05, 0.1) is 18.1 Å². The quantitative estimate of drug-likeness (QED) is 0.446. The number of benzene rings is 2. The zero-order chi connectivity index (χ0) is 27.9. The summed E-state index contributed by atoms with van der Waals surface area (Å²) < 4.78 is 5.45. The molecule has 3 N–H and O–H groups in total. The molecule has 2 aromatic carbocycles. The Balaban J connectivity index is 1.33. The molecule has 10 heteroatoms. The number of pyridine rings is 1. The molecule has 0 radical (unpaired) electrons. The molecule has 2 fully saturated rings. The number of para-hydroxylation sites is 1. The summed E-state index contributed by atoms with van der Waals surface area (Å²) in [6, 6.07) is 15.8. The molecule has 39 heavy (non-hydrogen) atoms. The van der Waals surface area contributed by atoms with E-state index in [9.17, 15) is 19.2 Å². The van der Waals surface area contributed by atoms with Crippen LogP contribution in [0.1, 0.15) is 48.0 Å². The van der Waals surface area contributed by atoms with Gasteiger partial charge in [-0.05, 0) is 69.5 Å². The van der Waals surface area contributed by atoms with Crippen molar-refractivity contribution in [2.45, 2.75) is 51.3 Å². The Labute approximate surface area is 226 Å². The van der Waals surface area contributed by atoms with Gasteiger partial charge in [-0.15, -0.1) is 0 Å². The summed E-state index contributed by atoms with van der Waals surface area (Å²) in [7, 11) is 0. The molecule has 5 amide bonds. The predicted octanol–water partition coefficient (Wildman–Crippen LogP) is 3.06. The number of likely N-dealkylation sites (tertiary alicyclic amines) is 1. The van der Waals surface area contributed by atoms with E-state index in [1.54, 1.807) is 32.9 Å². The number of carbonyl (C=O) groups is 4. The first-order valence-electron chi connectivity index (χ1n) is 12.8. The lowest BCUT2D eigenvalue weighted by Crippen LogP contribution is -2.62. The summed E-state index contributed by atoms with van der Waals surface area (Å²) in [6.45, 7) is 7.06. The summed E-state index contributed by atoms with van der Waals surface area (Å²) >= 11 is 0. The van der Waals surface area contributed by atoms with Crippen LogP contribution in [0.5, 0.6) is 0 Å². The SMILES string of the molecule is Cc1cc(Cc2ccc(C(=O)N[C@@H]3CN(C(=O)OC(C)(C)C)C[C@]34NC(=O)NC4=O)cc2)c2ccccc2n1. The highest BCUT2D eigenvalue weighted by atomic mass is 16.6. The van der Waals surface area contributed by atoms with Crippen LogP contribution < -0.4 is 16.0 Å². The van der Waals surface area contributed by atoms with E-state index in [1.165, 1.54) is 4.90 Å². The topological polar surface area (TPSA) is 130 Å². The minimum absolute atomic E-state index is 0.000898. The Morgan fingerprint density at radius 3 is 2.51 bits per heavy atom. The minimum Gasteiger partial charge on any atom is -0.444 e. The maximum atomic E-state index is 13.2. The van der Waals surface area contributed by atoms with Gasteiger partial charge in [-0.25, -0.2) is 9.59 Å². The van der Waals surface area contributed by atoms with E-state index in [2.05, 4.69) is 33.1 Å². The number of aromatic nitrogens is 1. The Kier molecular flexibility index (Phi) is 6.49. The Hall–Kier alpha value is -4.47. The fourth-order valence-corrected chi connectivity index (χ4v) is 5.12. The van der Waals surface area contributed by atoms with E-state index in [1.807, 2.05) is 37.3 Å². The van der Waals surface area contributed by atoms with E-state index >= 15 is 0 Å². The fraction of sp³-hybridized carbons (Fsp3) is 0.345. The van der Waals surface area contributed by atoms with Crippen LogP contribution in [0, 0.1) is 6.92 Å². The molecule has 1 spiro atoms. The molecule has 2 aliphatic rings. The molecule has 10 nitrogen and oxygen atoms in total. The summed E-state index contributed by atoms with van der Waals surface area (Å²) in [5.74, 6) is -1.02. The number of imide groups is 1. The number of aryl methyl sites for hydroxylation is 1. The second-order valence-electron chi connectivity index (χ2n) is 11.1. The zero-order valence-electron chi connectivity index (χ0n) is 22.3. The van der Waals surface area contributed by atoms with Gasteiger partial charge in [0.15, 0.2) is 5.54 Å². The number of ether oxygens (including phenoxy) is 1. The van der Waals surface area contributed by atoms with E-state index in [4.69, 9.17) is 4.74 Å². The number of urea groups is 1. The molecule has 3 heterocycles. The standard InChI is InChI=1S/C29H31N5O5/c1-17-13-20(21-7-5-6-8-22(21)30-17)14-18-9-11-19(12-10-18)24(35)31-23-15-34(27(38)39-28(2,3)4)16-29(23)25(36)32-26(37)33-29/h5-13,23H,14-16H2,1-4H3,(H,31,35)(H2,32,33,36,37)/t23-,29+/m1/s1. The molecule has 3 aromatic rings. The van der Waals surface area contributed by atoms with Crippen molar-refractivity contribution in [3.63, 3.8) is 0 Å². The average Bonchev–Trinajstić information content (AvgIpc) is 3.36. The first-order valence-corrected chi connectivity index (χ1v) is 12.8. The zero-order valence-corrected chi connectivity index (χ0v) is 22.3. The van der Waals surface area contributed by atoms with E-state index in [0.717, 1.165) is 27.7 Å². The molecule has 0 aliphatic carbocycles. The van der Waals surface area contributed by atoms with E-state index in [-0.39, 0.29) is 13.1 Å². The summed E-state index contributed by atoms with van der Waals surface area (Å²) in [5.41, 5.74) is 2.22. The summed E-state index contributed by atoms with van der Waals surface area (Å²) in [6.07, 6.45) is 0.0463. The largest absolute Gasteiger partial charge is 0.444 e. The average molecular weight is 530 g/mol. The molecular weight excluding hydrogens is 498 g/mol. The predicted molar refractivity (Wildman–Crippen MR) is 144 cm³/mol. The van der Waals surface area contributed by atoms with Gasteiger partial charge in [0.2, 0.25) is 0 Å². The van der Waals surface area contributed by atoms with Crippen molar-refractivity contribution in [3.05, 3.63) is 77.0 Å². The fourth-order valence-electron chi connectivity index (χ4n) is 5.12. The number of nitrogens with one attached hydrogen (secondary N) is 3. The van der Waals surface area contributed by atoms with Gasteiger partial charge in [0.1, 0.15) is 5.60 Å². The number of rotatable bonds is 4. The van der Waals surface area contributed by atoms with Crippen LogP contribution in [0.2, 0.25) is 0 Å². The number of carbonyl (C=O) groups excluding carboxylic acids is 4. The highest BCUT2D eigenvalue weighted by Gasteiger charge is 2.59. The molecule has 0 bridgehead atoms. The first-order chi connectivity index (χ1) is 18.4. The van der Waals surface area contributed by atoms with Crippen LogP contribution >= 0.6 is 0 Å². The van der Waals surface area contributed by atoms with Crippen molar-refractivity contribution in [1.82, 2.24) is 25.8 Å². The second kappa shape index (κ2) is 9.68. The number of hydrogen-bond donors (Lipinski definition) is 3. The lowest BCUT2D eigenvalue weighted by molar-refractivity contribution is -0.124. The second-order valence-corrected chi connectivity index (χ2v) is 11.1. The first kappa shape index (κ1) is 26.1. The summed E-state index contributed by atoms with van der Waals surface area (Å²) in [5, 5.41) is 8.79. The Morgan fingerprint density at radius 1 is 1.13 bits per heavy atom. The van der Waals surface area contributed by atoms with Crippen LogP contribution in [-0.2, 0) is 16.0 Å². The number of hydrogen-bond acceptors (Lipinski definition) is 6. The van der Waals surface area contributed by atoms with Gasteiger partial charge in [-0.2, -0.15) is 0 Å². The number of amides is 5. The molecule has 2 saturated heterocycles. The van der Waals surface area contributed by atoms with Gasteiger partial charge in [0, 0.05) is 23.2 Å². The number of nitrogens with zero attached hydrogens (tertiary/aromatic N) is 2. The van der Waals surface area contributed by atoms with Crippen LogP contribution in [0.15, 0.2) is 54.6 Å². The molecule has 0 unspecified atom stereocenters. The maximum absolute atomic E-state index is 13.2. The van der Waals surface area contributed by atoms with Gasteiger partial charge < -0.3 is 20.3 Å². The highest BCUT2D eigenvalue weighted by molar-refractivity contribution is 6.09. The molecule has 2 aliphatic heterocycles. The van der Waals surface area contributed by atoms with Gasteiger partial charge in [0.25, 0.3) is 11.8 Å². The van der Waals surface area contributed by atoms with Crippen molar-refractivity contribution in [3.8, 4) is 0 Å². The van der Waals surface area contributed by atoms with Crippen LogP contribution in [0.25, 0.3) is 10.9 Å². The highest BCUT2D eigenvalue weighted by Crippen LogP contribution is 2.28. The monoisotopic (exact) mass is 529 g/mol. The Bertz CT molecular complexity index is 1480. The van der Waals surface area contributed by atoms with Crippen molar-refractivity contribution in [2.75, 3.05) is 13.1 Å². The third-order valence-electron chi connectivity index (χ3n) is 6.90. The third kappa shape index (κ3) is 5.27. The van der Waals surface area contributed by atoms with Gasteiger partial charge >= 0.3 is 12.1 Å². The van der Waals surface area contributed by atoms with Gasteiger partial charge in [-0.1, -0.05) is 30.3 Å². The Morgan fingerprint density at radius 2 is 1.85 bits per heavy atom. The van der Waals surface area contributed by atoms with Crippen molar-refractivity contribution >= 4 is 34.8 Å². The molecule has 202 valence electrons. The lowest BCUT2D eigenvalue weighted by Gasteiger charge is -2.27.